The van der Waals surface area contributed by atoms with Gasteiger partial charge in [-0.25, -0.2) is 0 Å². The van der Waals surface area contributed by atoms with Crippen LogP contribution in [0.3, 0.4) is 0 Å². The first-order valence-corrected chi connectivity index (χ1v) is 8.85. The number of piperidine rings is 1. The average Bonchev–Trinajstić information content (AvgIpc) is 2.64. The summed E-state index contributed by atoms with van der Waals surface area (Å²) in [6.07, 6.45) is 0.764. The number of hydrogen-bond acceptors (Lipinski definition) is 4. The van der Waals surface area contributed by atoms with Gasteiger partial charge in [-0.3, -0.25) is 0 Å². The van der Waals surface area contributed by atoms with Crippen molar-refractivity contribution in [1.29, 1.82) is 0 Å². The Morgan fingerprint density at radius 3 is 2.36 bits per heavy atom. The molecule has 4 nitrogen and oxygen atoms in total. The normalized spacial score (nSPS) is 18.7. The molecule has 0 bridgehead atoms. The standard InChI is InChI=1S/C21H27NO3/c1-16-7-9-17(10-8-16)19(23)15-22-13-11-21(24,12-14-22)18-5-3-4-6-20(18)25-2/h3-10,19,23-24H,11-15H2,1-2H3. The van der Waals surface area contributed by atoms with E-state index in [1.807, 2.05) is 55.5 Å². The van der Waals surface area contributed by atoms with Gasteiger partial charge in [0.2, 0.25) is 0 Å². The molecule has 0 spiro atoms. The van der Waals surface area contributed by atoms with Crippen LogP contribution in [0.15, 0.2) is 48.5 Å². The Morgan fingerprint density at radius 2 is 1.72 bits per heavy atom. The van der Waals surface area contributed by atoms with Gasteiger partial charge in [-0.15, -0.1) is 0 Å². The van der Waals surface area contributed by atoms with E-state index in [2.05, 4.69) is 4.90 Å². The maximum Gasteiger partial charge on any atom is 0.124 e. The fourth-order valence-electron chi connectivity index (χ4n) is 3.54. The molecule has 0 amide bonds. The third-order valence-electron chi connectivity index (χ3n) is 5.18. The number of rotatable bonds is 5. The first-order valence-electron chi connectivity index (χ1n) is 8.85. The van der Waals surface area contributed by atoms with Gasteiger partial charge in [0.1, 0.15) is 5.75 Å². The van der Waals surface area contributed by atoms with E-state index in [0.717, 1.165) is 30.0 Å². The molecule has 1 saturated heterocycles. The molecule has 2 N–H and O–H groups in total. The minimum atomic E-state index is -0.863. The third kappa shape index (κ3) is 4.03. The number of hydrogen-bond donors (Lipinski definition) is 2. The monoisotopic (exact) mass is 341 g/mol. The highest BCUT2D eigenvalue weighted by atomic mass is 16.5. The number of aliphatic hydroxyl groups is 2. The summed E-state index contributed by atoms with van der Waals surface area (Å²) in [6.45, 7) is 4.12. The van der Waals surface area contributed by atoms with E-state index >= 15 is 0 Å². The van der Waals surface area contributed by atoms with Gasteiger partial charge in [-0.05, 0) is 31.4 Å². The molecule has 1 aliphatic heterocycles. The second-order valence-electron chi connectivity index (χ2n) is 6.96. The van der Waals surface area contributed by atoms with E-state index in [1.165, 1.54) is 5.56 Å². The molecule has 2 aromatic rings. The molecule has 1 aliphatic rings. The minimum absolute atomic E-state index is 0.502. The first kappa shape index (κ1) is 17.9. The molecule has 2 aromatic carbocycles. The van der Waals surface area contributed by atoms with Crippen LogP contribution in [0, 0.1) is 6.92 Å². The molecule has 25 heavy (non-hydrogen) atoms. The predicted molar refractivity (Wildman–Crippen MR) is 98.7 cm³/mol. The van der Waals surface area contributed by atoms with Crippen molar-refractivity contribution in [1.82, 2.24) is 4.90 Å². The molecular formula is C21H27NO3. The van der Waals surface area contributed by atoms with Gasteiger partial charge in [0, 0.05) is 25.2 Å². The lowest BCUT2D eigenvalue weighted by atomic mass is 9.83. The van der Waals surface area contributed by atoms with Crippen molar-refractivity contribution in [2.75, 3.05) is 26.7 Å². The zero-order chi connectivity index (χ0) is 17.9. The van der Waals surface area contributed by atoms with E-state index in [9.17, 15) is 10.2 Å². The molecule has 3 rings (SSSR count). The minimum Gasteiger partial charge on any atom is -0.496 e. The SMILES string of the molecule is COc1ccccc1C1(O)CCN(CC(O)c2ccc(C)cc2)CC1. The maximum absolute atomic E-state index is 11.1. The number of para-hydroxylation sites is 1. The zero-order valence-electron chi connectivity index (χ0n) is 15.0. The number of methoxy groups -OCH3 is 1. The summed E-state index contributed by atoms with van der Waals surface area (Å²) in [5.74, 6) is 0.734. The van der Waals surface area contributed by atoms with Crippen LogP contribution in [-0.2, 0) is 5.60 Å². The molecule has 0 saturated carbocycles. The Balaban J connectivity index is 1.62. The Hall–Kier alpha value is -1.88. The second-order valence-corrected chi connectivity index (χ2v) is 6.96. The van der Waals surface area contributed by atoms with Crippen LogP contribution in [0.25, 0.3) is 0 Å². The number of benzene rings is 2. The van der Waals surface area contributed by atoms with Gasteiger partial charge >= 0.3 is 0 Å². The van der Waals surface area contributed by atoms with Gasteiger partial charge in [0.15, 0.2) is 0 Å². The van der Waals surface area contributed by atoms with Crippen molar-refractivity contribution in [3.05, 3.63) is 65.2 Å². The Kier molecular flexibility index (Phi) is 5.42. The molecule has 0 aromatic heterocycles. The molecular weight excluding hydrogens is 314 g/mol. The maximum atomic E-state index is 11.1. The Bertz CT molecular complexity index is 691. The van der Waals surface area contributed by atoms with Crippen LogP contribution >= 0.6 is 0 Å². The lowest BCUT2D eigenvalue weighted by molar-refractivity contribution is -0.0358. The van der Waals surface area contributed by atoms with E-state index < -0.39 is 11.7 Å². The average molecular weight is 341 g/mol. The van der Waals surface area contributed by atoms with E-state index in [0.29, 0.717) is 19.4 Å². The lowest BCUT2D eigenvalue weighted by Gasteiger charge is -2.39. The summed E-state index contributed by atoms with van der Waals surface area (Å²) in [5, 5.41) is 21.6. The smallest absolute Gasteiger partial charge is 0.124 e. The predicted octanol–water partition coefficient (Wildman–Crippen LogP) is 3.02. The fourth-order valence-corrected chi connectivity index (χ4v) is 3.54. The molecule has 0 radical (unpaired) electrons. The second kappa shape index (κ2) is 7.56. The van der Waals surface area contributed by atoms with Gasteiger partial charge in [-0.1, -0.05) is 48.0 Å². The molecule has 1 atom stereocenters. The van der Waals surface area contributed by atoms with E-state index in [4.69, 9.17) is 4.74 Å². The van der Waals surface area contributed by atoms with E-state index in [-0.39, 0.29) is 0 Å². The van der Waals surface area contributed by atoms with Crippen LogP contribution in [-0.4, -0.2) is 41.9 Å². The highest BCUT2D eigenvalue weighted by molar-refractivity contribution is 5.38. The summed E-state index contributed by atoms with van der Waals surface area (Å²) in [7, 11) is 1.63. The third-order valence-corrected chi connectivity index (χ3v) is 5.18. The Labute approximate surface area is 149 Å². The van der Waals surface area contributed by atoms with Gasteiger partial charge in [0.05, 0.1) is 18.8 Å². The van der Waals surface area contributed by atoms with Crippen molar-refractivity contribution in [3.63, 3.8) is 0 Å². The summed E-state index contributed by atoms with van der Waals surface area (Å²) in [6, 6.07) is 15.7. The number of aliphatic hydroxyl groups excluding tert-OH is 1. The van der Waals surface area contributed by atoms with Gasteiger partial charge < -0.3 is 19.8 Å². The molecule has 1 unspecified atom stereocenters. The van der Waals surface area contributed by atoms with Crippen LogP contribution in [0.5, 0.6) is 5.75 Å². The summed E-state index contributed by atoms with van der Waals surface area (Å²) in [4.78, 5) is 2.22. The number of nitrogens with zero attached hydrogens (tertiary/aromatic N) is 1. The molecule has 134 valence electrons. The van der Waals surface area contributed by atoms with Crippen molar-refractivity contribution in [2.24, 2.45) is 0 Å². The summed E-state index contributed by atoms with van der Waals surface area (Å²) >= 11 is 0. The fraction of sp³-hybridized carbons (Fsp3) is 0.429. The van der Waals surface area contributed by atoms with Crippen LogP contribution in [0.4, 0.5) is 0 Å². The zero-order valence-corrected chi connectivity index (χ0v) is 15.0. The topological polar surface area (TPSA) is 52.9 Å². The van der Waals surface area contributed by atoms with Crippen molar-refractivity contribution >= 4 is 0 Å². The largest absolute Gasteiger partial charge is 0.496 e. The number of β-amino-alcohol motifs (C(OH)–C–C–N with tert-alkyl or cyclic N) is 1. The number of aryl methyl sites for hydroxylation is 1. The number of ether oxygens (including phenoxy) is 1. The highest BCUT2D eigenvalue weighted by Gasteiger charge is 2.36. The van der Waals surface area contributed by atoms with Crippen LogP contribution < -0.4 is 4.74 Å². The van der Waals surface area contributed by atoms with Crippen molar-refractivity contribution in [3.8, 4) is 5.75 Å². The highest BCUT2D eigenvalue weighted by Crippen LogP contribution is 2.38. The number of likely N-dealkylation sites (tertiary alicyclic amines) is 1. The van der Waals surface area contributed by atoms with Crippen molar-refractivity contribution < 1.29 is 14.9 Å². The van der Waals surface area contributed by atoms with Crippen LogP contribution in [0.1, 0.15) is 35.6 Å². The van der Waals surface area contributed by atoms with Gasteiger partial charge in [-0.2, -0.15) is 0 Å². The Morgan fingerprint density at radius 1 is 1.08 bits per heavy atom. The summed E-state index contributed by atoms with van der Waals surface area (Å²) < 4.78 is 5.41. The van der Waals surface area contributed by atoms with Crippen LogP contribution in [0.2, 0.25) is 0 Å². The van der Waals surface area contributed by atoms with Gasteiger partial charge in [0.25, 0.3) is 0 Å². The van der Waals surface area contributed by atoms with Crippen molar-refractivity contribution in [2.45, 2.75) is 31.5 Å². The quantitative estimate of drug-likeness (QED) is 0.878. The molecule has 0 aliphatic carbocycles. The van der Waals surface area contributed by atoms with E-state index in [1.54, 1.807) is 7.11 Å². The first-order chi connectivity index (χ1) is 12.0. The molecule has 1 heterocycles. The molecule has 4 heteroatoms. The molecule has 1 fully saturated rings. The summed E-state index contributed by atoms with van der Waals surface area (Å²) in [5.41, 5.74) is 2.13. The lowest BCUT2D eigenvalue weighted by Crippen LogP contribution is -2.44.